The lowest BCUT2D eigenvalue weighted by atomic mass is 9.44. The van der Waals surface area contributed by atoms with Crippen molar-refractivity contribution < 1.29 is 38.7 Å². The number of carbonyl (C=O) groups excluding carboxylic acids is 1. The van der Waals surface area contributed by atoms with Gasteiger partial charge in [-0.2, -0.15) is 0 Å². The van der Waals surface area contributed by atoms with Crippen LogP contribution in [0.4, 0.5) is 0 Å². The van der Waals surface area contributed by atoms with Crippen molar-refractivity contribution >= 4 is 5.97 Å². The van der Waals surface area contributed by atoms with E-state index in [0.29, 0.717) is 12.8 Å². The van der Waals surface area contributed by atoms with Crippen LogP contribution in [0.3, 0.4) is 0 Å². The molecule has 4 bridgehead atoms. The summed E-state index contributed by atoms with van der Waals surface area (Å²) in [5.74, 6) is -0.979. The molecular weight excluding hydrogens is 464 g/mol. The van der Waals surface area contributed by atoms with Crippen molar-refractivity contribution in [1.29, 1.82) is 0 Å². The van der Waals surface area contributed by atoms with Gasteiger partial charge in [-0.05, 0) is 69.6 Å². The predicted octanol–water partition coefficient (Wildman–Crippen LogP) is 2.98. The zero-order chi connectivity index (χ0) is 25.3. The summed E-state index contributed by atoms with van der Waals surface area (Å²) in [6, 6.07) is 0. The van der Waals surface area contributed by atoms with Gasteiger partial charge in [-0.15, -0.1) is 0 Å². The fraction of sp³-hybridized carbons (Fsp3) is 0.893. The zero-order valence-corrected chi connectivity index (χ0v) is 21.8. The molecule has 200 valence electrons. The number of hydrogen-bond donors (Lipinski definition) is 2. The van der Waals surface area contributed by atoms with E-state index in [1.54, 1.807) is 7.11 Å². The minimum Gasteiger partial charge on any atom is -0.432 e. The van der Waals surface area contributed by atoms with E-state index < -0.39 is 34.8 Å². The Morgan fingerprint density at radius 2 is 1.89 bits per heavy atom. The summed E-state index contributed by atoms with van der Waals surface area (Å²) in [5.41, 5.74) is -1.44. The summed E-state index contributed by atoms with van der Waals surface area (Å²) in [6.45, 7) is 6.05. The Morgan fingerprint density at radius 1 is 1.11 bits per heavy atom. The lowest BCUT2D eigenvalue weighted by Crippen LogP contribution is -2.73. The van der Waals surface area contributed by atoms with E-state index >= 15 is 0 Å². The van der Waals surface area contributed by atoms with Gasteiger partial charge in [-0.1, -0.05) is 18.6 Å². The van der Waals surface area contributed by atoms with Crippen molar-refractivity contribution in [2.45, 2.75) is 126 Å². The van der Waals surface area contributed by atoms with Crippen molar-refractivity contribution in [3.8, 4) is 0 Å². The Balaban J connectivity index is 1.15. The molecule has 3 saturated carbocycles. The van der Waals surface area contributed by atoms with E-state index in [2.05, 4.69) is 13.0 Å². The van der Waals surface area contributed by atoms with Crippen molar-refractivity contribution in [3.63, 3.8) is 0 Å². The molecule has 8 nitrogen and oxygen atoms in total. The lowest BCUT2D eigenvalue weighted by Gasteiger charge is -2.65. The lowest BCUT2D eigenvalue weighted by molar-refractivity contribution is -0.344. The molecule has 0 radical (unpaired) electrons. The van der Waals surface area contributed by atoms with Crippen LogP contribution in [0.5, 0.6) is 0 Å². The van der Waals surface area contributed by atoms with Gasteiger partial charge in [0.25, 0.3) is 0 Å². The monoisotopic (exact) mass is 504 g/mol. The molecule has 9 unspecified atom stereocenters. The number of esters is 1. The van der Waals surface area contributed by atoms with Crippen LogP contribution in [-0.2, 0) is 28.5 Å². The standard InChI is InChI=1S/C28H40O8/c1-15-22(29)18(32-4)14-21(33-15)34-17-6-9-24(2)16(13-17)5-11-27(31)19(24)7-10-26-20-8-12-28(26,27)36-25(20,3)35-23(26)30/h5,15,17-22,29,31H,6-14H2,1-4H3/t15?,17-,18?,19?,20?,21?,22?,24-,25?,26?,27?,28+/m0/s1. The minimum absolute atomic E-state index is 0.0251. The highest BCUT2D eigenvalue weighted by atomic mass is 16.8. The number of rotatable bonds is 3. The molecule has 12 atom stereocenters. The smallest absolute Gasteiger partial charge is 0.318 e. The molecule has 2 N–H and O–H groups in total. The number of aliphatic hydroxyl groups excluding tert-OH is 1. The van der Waals surface area contributed by atoms with E-state index in [4.69, 9.17) is 23.7 Å². The highest BCUT2D eigenvalue weighted by Crippen LogP contribution is 2.79. The second-order valence-electron chi connectivity index (χ2n) is 13.0. The highest BCUT2D eigenvalue weighted by Gasteiger charge is 2.89. The first-order chi connectivity index (χ1) is 17.0. The summed E-state index contributed by atoms with van der Waals surface area (Å²) in [7, 11) is 1.61. The minimum atomic E-state index is -1.08. The summed E-state index contributed by atoms with van der Waals surface area (Å²) >= 11 is 0. The maximum Gasteiger partial charge on any atom is 0.318 e. The first-order valence-corrected chi connectivity index (χ1v) is 13.9. The van der Waals surface area contributed by atoms with Gasteiger partial charge < -0.3 is 33.9 Å². The van der Waals surface area contributed by atoms with E-state index in [1.807, 2.05) is 13.8 Å². The molecule has 0 aromatic heterocycles. The maximum atomic E-state index is 13.3. The summed E-state index contributed by atoms with van der Waals surface area (Å²) in [6.07, 6.45) is 7.29. The second kappa shape index (κ2) is 7.33. The van der Waals surface area contributed by atoms with Gasteiger partial charge in [0.1, 0.15) is 22.7 Å². The summed E-state index contributed by atoms with van der Waals surface area (Å²) in [4.78, 5) is 13.3. The molecule has 7 rings (SSSR count). The number of fused-ring (bicyclic) bond motifs is 3. The van der Waals surface area contributed by atoms with E-state index in [9.17, 15) is 15.0 Å². The molecule has 7 aliphatic rings. The van der Waals surface area contributed by atoms with Crippen molar-refractivity contribution in [2.24, 2.45) is 22.7 Å². The van der Waals surface area contributed by atoms with Crippen LogP contribution in [0.1, 0.15) is 78.6 Å². The molecule has 0 amide bonds. The molecule has 0 aromatic rings. The third-order valence-electron chi connectivity index (χ3n) is 11.8. The van der Waals surface area contributed by atoms with Crippen molar-refractivity contribution in [1.82, 2.24) is 0 Å². The van der Waals surface area contributed by atoms with Crippen LogP contribution >= 0.6 is 0 Å². The third kappa shape index (κ3) is 2.59. The Hall–Kier alpha value is -1.03. The number of ether oxygens (including phenoxy) is 5. The number of methoxy groups -OCH3 is 1. The van der Waals surface area contributed by atoms with Crippen molar-refractivity contribution in [3.05, 3.63) is 11.6 Å². The van der Waals surface area contributed by atoms with Gasteiger partial charge >= 0.3 is 5.97 Å². The fourth-order valence-electron chi connectivity index (χ4n) is 10.1. The third-order valence-corrected chi connectivity index (χ3v) is 11.8. The molecule has 3 heterocycles. The summed E-state index contributed by atoms with van der Waals surface area (Å²) < 4.78 is 30.3. The Bertz CT molecular complexity index is 1010. The van der Waals surface area contributed by atoms with Crippen LogP contribution in [-0.4, -0.2) is 71.0 Å². The normalized spacial score (nSPS) is 59.1. The average Bonchev–Trinajstić information content (AvgIpc) is 3.37. The van der Waals surface area contributed by atoms with E-state index in [0.717, 1.165) is 44.9 Å². The number of hydrogen-bond acceptors (Lipinski definition) is 8. The molecule has 8 heteroatoms. The fourth-order valence-corrected chi connectivity index (χ4v) is 10.1. The number of carbonyl (C=O) groups is 1. The molecule has 36 heavy (non-hydrogen) atoms. The van der Waals surface area contributed by atoms with Gasteiger partial charge in [0, 0.05) is 26.4 Å². The Kier molecular flexibility index (Phi) is 4.90. The average molecular weight is 505 g/mol. The largest absolute Gasteiger partial charge is 0.432 e. The second-order valence-corrected chi connectivity index (χ2v) is 13.0. The van der Waals surface area contributed by atoms with Crippen LogP contribution in [0.2, 0.25) is 0 Å². The Labute approximate surface area is 212 Å². The van der Waals surface area contributed by atoms with Gasteiger partial charge in [0.05, 0.1) is 18.3 Å². The first kappa shape index (κ1) is 24.0. The molecule has 3 aliphatic heterocycles. The van der Waals surface area contributed by atoms with Gasteiger partial charge in [-0.25, -0.2) is 0 Å². The Morgan fingerprint density at radius 3 is 2.67 bits per heavy atom. The SMILES string of the molecule is COC1CC(O[C@H]2CC[C@@]3(C)C(=CCC4(O)C3CCC35C(=O)OC6(C)O[C@@]43CCC65)C2)OC(C)C1O. The molecule has 6 fully saturated rings. The molecule has 3 saturated heterocycles. The highest BCUT2D eigenvalue weighted by molar-refractivity contribution is 5.85. The van der Waals surface area contributed by atoms with E-state index in [1.165, 1.54) is 5.57 Å². The molecular formula is C28H40O8. The molecule has 0 aromatic carbocycles. The van der Waals surface area contributed by atoms with Gasteiger partial charge in [0.2, 0.25) is 5.79 Å². The quantitative estimate of drug-likeness (QED) is 0.447. The maximum absolute atomic E-state index is 13.3. The predicted molar refractivity (Wildman–Crippen MR) is 126 cm³/mol. The first-order valence-electron chi connectivity index (χ1n) is 13.9. The zero-order valence-electron chi connectivity index (χ0n) is 21.8. The molecule has 4 aliphatic carbocycles. The van der Waals surface area contributed by atoms with Crippen LogP contribution in [0.15, 0.2) is 11.6 Å². The van der Waals surface area contributed by atoms with E-state index in [-0.39, 0.29) is 41.5 Å². The summed E-state index contributed by atoms with van der Waals surface area (Å²) in [5, 5.41) is 22.8. The van der Waals surface area contributed by atoms with Gasteiger partial charge in [-0.3, -0.25) is 4.79 Å². The van der Waals surface area contributed by atoms with Crippen LogP contribution < -0.4 is 0 Å². The van der Waals surface area contributed by atoms with Gasteiger partial charge in [0.15, 0.2) is 6.29 Å². The number of aliphatic hydroxyl groups is 2. The molecule has 1 spiro atoms. The topological polar surface area (TPSA) is 104 Å². The van der Waals surface area contributed by atoms with Crippen LogP contribution in [0.25, 0.3) is 0 Å². The van der Waals surface area contributed by atoms with Crippen molar-refractivity contribution in [2.75, 3.05) is 7.11 Å². The van der Waals surface area contributed by atoms with Crippen LogP contribution in [0, 0.1) is 22.7 Å².